The Kier molecular flexibility index (Phi) is 5.18. The molecule has 122 valence electrons. The first-order valence-corrected chi connectivity index (χ1v) is 8.12. The van der Waals surface area contributed by atoms with Crippen molar-refractivity contribution < 1.29 is 4.79 Å². The fourth-order valence-electron chi connectivity index (χ4n) is 2.44. The van der Waals surface area contributed by atoms with Crippen LogP contribution in [0, 0.1) is 4.77 Å². The summed E-state index contributed by atoms with van der Waals surface area (Å²) in [6, 6.07) is 19.7. The SMILES string of the molecule is O=C(Cc1ccccc1)NCc1n[nH]c(=S)n1Cc1ccccc1. The van der Waals surface area contributed by atoms with Crippen LogP contribution in [0.15, 0.2) is 60.7 Å². The molecule has 1 aromatic heterocycles. The second-order valence-corrected chi connectivity index (χ2v) is 5.84. The molecule has 0 aliphatic carbocycles. The number of H-pyrrole nitrogens is 1. The molecule has 0 bridgehead atoms. The number of carbonyl (C=O) groups is 1. The molecule has 0 unspecified atom stereocenters. The molecular formula is C18H18N4OS. The number of hydrogen-bond acceptors (Lipinski definition) is 3. The van der Waals surface area contributed by atoms with Crippen LogP contribution in [-0.4, -0.2) is 20.7 Å². The lowest BCUT2D eigenvalue weighted by Crippen LogP contribution is -2.26. The summed E-state index contributed by atoms with van der Waals surface area (Å²) < 4.78 is 2.44. The van der Waals surface area contributed by atoms with Gasteiger partial charge in [-0.1, -0.05) is 60.7 Å². The zero-order chi connectivity index (χ0) is 16.8. The summed E-state index contributed by atoms with van der Waals surface area (Å²) >= 11 is 5.29. The summed E-state index contributed by atoms with van der Waals surface area (Å²) in [5.74, 6) is 0.673. The Labute approximate surface area is 145 Å². The maximum Gasteiger partial charge on any atom is 0.224 e. The highest BCUT2D eigenvalue weighted by Gasteiger charge is 2.09. The molecule has 6 heteroatoms. The van der Waals surface area contributed by atoms with Crippen molar-refractivity contribution in [3.63, 3.8) is 0 Å². The molecule has 3 aromatic rings. The molecule has 0 fully saturated rings. The van der Waals surface area contributed by atoms with Crippen LogP contribution >= 0.6 is 12.2 Å². The van der Waals surface area contributed by atoms with Crippen LogP contribution < -0.4 is 5.32 Å². The van der Waals surface area contributed by atoms with Gasteiger partial charge >= 0.3 is 0 Å². The molecule has 5 nitrogen and oxygen atoms in total. The predicted molar refractivity (Wildman–Crippen MR) is 94.9 cm³/mol. The quantitative estimate of drug-likeness (QED) is 0.679. The topological polar surface area (TPSA) is 62.7 Å². The summed E-state index contributed by atoms with van der Waals surface area (Å²) in [5, 5.41) is 9.92. The predicted octanol–water partition coefficient (Wildman–Crippen LogP) is 2.85. The molecule has 2 aromatic carbocycles. The fourth-order valence-corrected chi connectivity index (χ4v) is 2.65. The lowest BCUT2D eigenvalue weighted by atomic mass is 10.1. The van der Waals surface area contributed by atoms with Crippen LogP contribution in [0.5, 0.6) is 0 Å². The van der Waals surface area contributed by atoms with Crippen molar-refractivity contribution in [1.82, 2.24) is 20.1 Å². The maximum absolute atomic E-state index is 12.1. The molecule has 0 aliphatic rings. The van der Waals surface area contributed by atoms with Crippen LogP contribution in [-0.2, 0) is 24.3 Å². The monoisotopic (exact) mass is 338 g/mol. The number of nitrogens with zero attached hydrogens (tertiary/aromatic N) is 2. The second-order valence-electron chi connectivity index (χ2n) is 5.46. The average Bonchev–Trinajstić information content (AvgIpc) is 2.95. The Hall–Kier alpha value is -2.73. The lowest BCUT2D eigenvalue weighted by molar-refractivity contribution is -0.120. The molecule has 0 spiro atoms. The van der Waals surface area contributed by atoms with Gasteiger partial charge < -0.3 is 5.32 Å². The minimum absolute atomic E-state index is 0.0404. The summed E-state index contributed by atoms with van der Waals surface area (Å²) in [6.45, 7) is 0.964. The van der Waals surface area contributed by atoms with Gasteiger partial charge in [0.15, 0.2) is 10.6 Å². The first-order valence-electron chi connectivity index (χ1n) is 7.71. The summed E-state index contributed by atoms with van der Waals surface area (Å²) in [4.78, 5) is 12.1. The van der Waals surface area contributed by atoms with E-state index in [4.69, 9.17) is 12.2 Å². The largest absolute Gasteiger partial charge is 0.349 e. The molecule has 1 heterocycles. The maximum atomic E-state index is 12.1. The van der Waals surface area contributed by atoms with E-state index in [1.54, 1.807) is 0 Å². The van der Waals surface area contributed by atoms with E-state index in [0.717, 1.165) is 11.1 Å². The van der Waals surface area contributed by atoms with Crippen molar-refractivity contribution in [2.45, 2.75) is 19.5 Å². The first kappa shape index (κ1) is 16.1. The molecule has 24 heavy (non-hydrogen) atoms. The summed E-state index contributed by atoms with van der Waals surface area (Å²) in [5.41, 5.74) is 2.12. The van der Waals surface area contributed by atoms with Crippen molar-refractivity contribution in [3.05, 3.63) is 82.4 Å². The van der Waals surface area contributed by atoms with Crippen molar-refractivity contribution >= 4 is 18.1 Å². The zero-order valence-electron chi connectivity index (χ0n) is 13.1. The normalized spacial score (nSPS) is 10.5. The molecule has 3 rings (SSSR count). The van der Waals surface area contributed by atoms with E-state index in [2.05, 4.69) is 15.5 Å². The first-order chi connectivity index (χ1) is 11.7. The smallest absolute Gasteiger partial charge is 0.224 e. The van der Waals surface area contributed by atoms with E-state index in [-0.39, 0.29) is 5.91 Å². The third kappa shape index (κ3) is 4.17. The van der Waals surface area contributed by atoms with Crippen LogP contribution in [0.2, 0.25) is 0 Å². The van der Waals surface area contributed by atoms with Crippen LogP contribution in [0.1, 0.15) is 17.0 Å². The third-order valence-electron chi connectivity index (χ3n) is 3.67. The number of nitrogens with one attached hydrogen (secondary N) is 2. The average molecular weight is 338 g/mol. The van der Waals surface area contributed by atoms with E-state index in [0.29, 0.717) is 30.1 Å². The Bertz CT molecular complexity index is 855. The van der Waals surface area contributed by atoms with Gasteiger partial charge in [0.1, 0.15) is 0 Å². The van der Waals surface area contributed by atoms with Crippen LogP contribution in [0.3, 0.4) is 0 Å². The minimum atomic E-state index is -0.0404. The Morgan fingerprint density at radius 1 is 1.04 bits per heavy atom. The summed E-state index contributed by atoms with van der Waals surface area (Å²) in [7, 11) is 0. The number of aromatic nitrogens is 3. The highest BCUT2D eigenvalue weighted by molar-refractivity contribution is 7.71. The standard InChI is InChI=1S/C18H18N4OS/c23-17(11-14-7-3-1-4-8-14)19-12-16-20-21-18(24)22(16)13-15-9-5-2-6-10-15/h1-10H,11-13H2,(H,19,23)(H,21,24). The van der Waals surface area contributed by atoms with Gasteiger partial charge in [0, 0.05) is 0 Å². The van der Waals surface area contributed by atoms with Gasteiger partial charge in [0.25, 0.3) is 0 Å². The molecule has 0 atom stereocenters. The van der Waals surface area contributed by atoms with E-state index in [1.165, 1.54) is 0 Å². The molecule has 0 radical (unpaired) electrons. The van der Waals surface area contributed by atoms with Crippen LogP contribution in [0.25, 0.3) is 0 Å². The molecule has 1 amide bonds. The van der Waals surface area contributed by atoms with Gasteiger partial charge in [0.2, 0.25) is 5.91 Å². The minimum Gasteiger partial charge on any atom is -0.349 e. The van der Waals surface area contributed by atoms with Crippen molar-refractivity contribution in [2.24, 2.45) is 0 Å². The van der Waals surface area contributed by atoms with Crippen molar-refractivity contribution in [3.8, 4) is 0 Å². The third-order valence-corrected chi connectivity index (χ3v) is 3.98. The van der Waals surface area contributed by atoms with Gasteiger partial charge in [-0.2, -0.15) is 5.10 Å². The molecule has 0 saturated heterocycles. The van der Waals surface area contributed by atoms with Crippen LogP contribution in [0.4, 0.5) is 0 Å². The Balaban J connectivity index is 1.63. The highest BCUT2D eigenvalue weighted by Crippen LogP contribution is 2.06. The van der Waals surface area contributed by atoms with E-state index in [9.17, 15) is 4.79 Å². The number of aromatic amines is 1. The Morgan fingerprint density at radius 3 is 2.33 bits per heavy atom. The lowest BCUT2D eigenvalue weighted by Gasteiger charge is -2.08. The molecule has 2 N–H and O–H groups in total. The number of benzene rings is 2. The highest BCUT2D eigenvalue weighted by atomic mass is 32.1. The van der Waals surface area contributed by atoms with Crippen molar-refractivity contribution in [2.75, 3.05) is 0 Å². The van der Waals surface area contributed by atoms with E-state index in [1.807, 2.05) is 65.2 Å². The van der Waals surface area contributed by atoms with Gasteiger partial charge in [-0.3, -0.25) is 14.5 Å². The number of amides is 1. The van der Waals surface area contributed by atoms with Gasteiger partial charge in [-0.25, -0.2) is 0 Å². The molecule has 0 aliphatic heterocycles. The Morgan fingerprint density at radius 2 is 1.67 bits per heavy atom. The van der Waals surface area contributed by atoms with Crippen molar-refractivity contribution in [1.29, 1.82) is 0 Å². The fraction of sp³-hybridized carbons (Fsp3) is 0.167. The number of rotatable bonds is 6. The second kappa shape index (κ2) is 7.70. The van der Waals surface area contributed by atoms with Gasteiger partial charge in [-0.05, 0) is 23.3 Å². The number of carbonyl (C=O) groups excluding carboxylic acids is 1. The number of hydrogen-bond donors (Lipinski definition) is 2. The molecule has 0 saturated carbocycles. The van der Waals surface area contributed by atoms with Gasteiger partial charge in [-0.15, -0.1) is 0 Å². The molecular weight excluding hydrogens is 320 g/mol. The zero-order valence-corrected chi connectivity index (χ0v) is 13.9. The van der Waals surface area contributed by atoms with E-state index < -0.39 is 0 Å². The van der Waals surface area contributed by atoms with E-state index >= 15 is 0 Å². The summed E-state index contributed by atoms with van der Waals surface area (Å²) in [6.07, 6.45) is 0.352. The van der Waals surface area contributed by atoms with Gasteiger partial charge in [0.05, 0.1) is 19.5 Å².